The molecule has 1 unspecified atom stereocenters. The molecule has 86 valence electrons. The highest BCUT2D eigenvalue weighted by atomic mass is 16.3. The molecular weight excluding hydrogens is 204 g/mol. The smallest absolute Gasteiger partial charge is 0.246 e. The van der Waals surface area contributed by atoms with Crippen LogP contribution in [0.3, 0.4) is 0 Å². The van der Waals surface area contributed by atoms with Crippen LogP contribution in [0.4, 0.5) is 5.69 Å². The quantitative estimate of drug-likeness (QED) is 0.662. The average molecular weight is 220 g/mol. The van der Waals surface area contributed by atoms with E-state index in [1.807, 2.05) is 25.1 Å². The van der Waals surface area contributed by atoms with Gasteiger partial charge in [0.25, 0.3) is 0 Å². The summed E-state index contributed by atoms with van der Waals surface area (Å²) >= 11 is 0. The van der Waals surface area contributed by atoms with Gasteiger partial charge >= 0.3 is 0 Å². The van der Waals surface area contributed by atoms with Crippen molar-refractivity contribution in [1.82, 2.24) is 5.32 Å². The molecule has 0 radical (unpaired) electrons. The molecule has 4 heteroatoms. The maximum absolute atomic E-state index is 11.7. The molecule has 0 saturated carbocycles. The van der Waals surface area contributed by atoms with Crippen LogP contribution < -0.4 is 10.6 Å². The first kappa shape index (κ1) is 11.1. The lowest BCUT2D eigenvalue weighted by Crippen LogP contribution is -2.28. The number of anilines is 1. The minimum absolute atomic E-state index is 0.0152. The third kappa shape index (κ3) is 2.08. The van der Waals surface area contributed by atoms with Gasteiger partial charge in [-0.25, -0.2) is 0 Å². The molecule has 1 atom stereocenters. The summed E-state index contributed by atoms with van der Waals surface area (Å²) in [6, 6.07) is 5.65. The van der Waals surface area contributed by atoms with E-state index in [0.29, 0.717) is 13.0 Å². The number of fused-ring (bicyclic) bond motifs is 1. The second-order valence-electron chi connectivity index (χ2n) is 4.04. The molecule has 1 amide bonds. The Hall–Kier alpha value is -1.39. The Morgan fingerprint density at radius 1 is 1.50 bits per heavy atom. The van der Waals surface area contributed by atoms with Gasteiger partial charge in [-0.1, -0.05) is 17.7 Å². The van der Waals surface area contributed by atoms with Gasteiger partial charge in [-0.15, -0.1) is 0 Å². The molecule has 0 spiro atoms. The summed E-state index contributed by atoms with van der Waals surface area (Å²) in [6.45, 7) is 2.79. The van der Waals surface area contributed by atoms with Gasteiger partial charge in [0, 0.05) is 17.9 Å². The number of hydrogen-bond acceptors (Lipinski definition) is 3. The summed E-state index contributed by atoms with van der Waals surface area (Å²) in [5, 5.41) is 14.7. The summed E-state index contributed by atoms with van der Waals surface area (Å²) < 4.78 is 0. The first-order valence-corrected chi connectivity index (χ1v) is 5.48. The number of aryl methyl sites for hydroxylation is 1. The predicted molar refractivity (Wildman–Crippen MR) is 62.3 cm³/mol. The number of benzene rings is 1. The van der Waals surface area contributed by atoms with E-state index in [1.165, 1.54) is 0 Å². The van der Waals surface area contributed by atoms with Crippen LogP contribution in [-0.2, 0) is 4.79 Å². The van der Waals surface area contributed by atoms with E-state index in [0.717, 1.165) is 16.8 Å². The number of carbonyl (C=O) groups is 1. The monoisotopic (exact) mass is 220 g/mol. The van der Waals surface area contributed by atoms with E-state index in [-0.39, 0.29) is 18.6 Å². The average Bonchev–Trinajstić information content (AvgIpc) is 2.56. The number of amides is 1. The zero-order valence-corrected chi connectivity index (χ0v) is 9.29. The fourth-order valence-electron chi connectivity index (χ4n) is 1.91. The number of hydrogen-bond donors (Lipinski definition) is 3. The molecule has 3 N–H and O–H groups in total. The van der Waals surface area contributed by atoms with Crippen LogP contribution in [0.15, 0.2) is 18.2 Å². The molecular formula is C12H16N2O2. The second kappa shape index (κ2) is 4.63. The normalized spacial score (nSPS) is 18.4. The minimum atomic E-state index is -0.276. The third-order valence-corrected chi connectivity index (χ3v) is 2.72. The fourth-order valence-corrected chi connectivity index (χ4v) is 1.91. The number of rotatable bonds is 4. The topological polar surface area (TPSA) is 61.4 Å². The predicted octanol–water partition coefficient (Wildman–Crippen LogP) is 0.960. The molecule has 1 aliphatic heterocycles. The molecule has 0 saturated heterocycles. The summed E-state index contributed by atoms with van der Waals surface area (Å²) in [7, 11) is 0. The first-order valence-electron chi connectivity index (χ1n) is 5.48. The maximum atomic E-state index is 11.7. The van der Waals surface area contributed by atoms with Gasteiger partial charge in [0.2, 0.25) is 5.91 Å². The van der Waals surface area contributed by atoms with Gasteiger partial charge in [-0.2, -0.15) is 0 Å². The first-order chi connectivity index (χ1) is 7.72. The van der Waals surface area contributed by atoms with Crippen molar-refractivity contribution in [3.63, 3.8) is 0 Å². The highest BCUT2D eigenvalue weighted by Crippen LogP contribution is 2.31. The number of aliphatic hydroxyl groups is 1. The second-order valence-corrected chi connectivity index (χ2v) is 4.04. The largest absolute Gasteiger partial charge is 0.396 e. The van der Waals surface area contributed by atoms with E-state index in [1.54, 1.807) is 0 Å². The zero-order valence-electron chi connectivity index (χ0n) is 9.29. The van der Waals surface area contributed by atoms with Crippen molar-refractivity contribution in [3.05, 3.63) is 29.3 Å². The van der Waals surface area contributed by atoms with Crippen molar-refractivity contribution in [2.75, 3.05) is 18.5 Å². The Labute approximate surface area is 94.7 Å². The van der Waals surface area contributed by atoms with Gasteiger partial charge in [0.05, 0.1) is 0 Å². The summed E-state index contributed by atoms with van der Waals surface area (Å²) in [5.41, 5.74) is 3.03. The molecule has 0 aliphatic carbocycles. The number of nitrogens with one attached hydrogen (secondary N) is 2. The standard InChI is InChI=1S/C12H16N2O2/c1-8-3-4-10-9(7-8)11(12(16)14-10)13-5-2-6-15/h3-4,7,11,13,15H,2,5-6H2,1H3,(H,14,16). The third-order valence-electron chi connectivity index (χ3n) is 2.72. The Morgan fingerprint density at radius 3 is 3.06 bits per heavy atom. The molecule has 4 nitrogen and oxygen atoms in total. The highest BCUT2D eigenvalue weighted by Gasteiger charge is 2.29. The van der Waals surface area contributed by atoms with Crippen molar-refractivity contribution in [2.24, 2.45) is 0 Å². The van der Waals surface area contributed by atoms with Crippen LogP contribution in [-0.4, -0.2) is 24.2 Å². The van der Waals surface area contributed by atoms with Gasteiger partial charge in [0.1, 0.15) is 6.04 Å². The summed E-state index contributed by atoms with van der Waals surface area (Å²) in [4.78, 5) is 11.7. The van der Waals surface area contributed by atoms with Crippen molar-refractivity contribution >= 4 is 11.6 Å². The van der Waals surface area contributed by atoms with Crippen LogP contribution in [0, 0.1) is 6.92 Å². The minimum Gasteiger partial charge on any atom is -0.396 e. The molecule has 16 heavy (non-hydrogen) atoms. The van der Waals surface area contributed by atoms with Crippen LogP contribution in [0.25, 0.3) is 0 Å². The van der Waals surface area contributed by atoms with Crippen molar-refractivity contribution < 1.29 is 9.90 Å². The molecule has 1 aromatic rings. The lowest BCUT2D eigenvalue weighted by atomic mass is 10.1. The lowest BCUT2D eigenvalue weighted by Gasteiger charge is -2.10. The summed E-state index contributed by atoms with van der Waals surface area (Å²) in [6.07, 6.45) is 0.658. The SMILES string of the molecule is Cc1ccc2c(c1)C(NCCCO)C(=O)N2. The summed E-state index contributed by atoms with van der Waals surface area (Å²) in [5.74, 6) is -0.0152. The van der Waals surface area contributed by atoms with Crippen molar-refractivity contribution in [3.8, 4) is 0 Å². The molecule has 1 aliphatic rings. The lowest BCUT2D eigenvalue weighted by molar-refractivity contribution is -0.117. The number of aliphatic hydroxyl groups excluding tert-OH is 1. The fraction of sp³-hybridized carbons (Fsp3) is 0.417. The van der Waals surface area contributed by atoms with Crippen molar-refractivity contribution in [2.45, 2.75) is 19.4 Å². The maximum Gasteiger partial charge on any atom is 0.246 e. The van der Waals surface area contributed by atoms with Crippen LogP contribution >= 0.6 is 0 Å². The van der Waals surface area contributed by atoms with Gasteiger partial charge in [-0.3, -0.25) is 4.79 Å². The molecule has 1 aromatic carbocycles. The molecule has 1 heterocycles. The Balaban J connectivity index is 2.15. The highest BCUT2D eigenvalue weighted by molar-refractivity contribution is 6.02. The van der Waals surface area contributed by atoms with E-state index < -0.39 is 0 Å². The molecule has 0 bridgehead atoms. The van der Waals surface area contributed by atoms with Crippen LogP contribution in [0.1, 0.15) is 23.6 Å². The van der Waals surface area contributed by atoms with E-state index in [9.17, 15) is 4.79 Å². The van der Waals surface area contributed by atoms with Crippen LogP contribution in [0.5, 0.6) is 0 Å². The zero-order chi connectivity index (χ0) is 11.5. The Kier molecular flexibility index (Phi) is 3.22. The Morgan fingerprint density at radius 2 is 2.31 bits per heavy atom. The van der Waals surface area contributed by atoms with Gasteiger partial charge < -0.3 is 15.7 Å². The van der Waals surface area contributed by atoms with Gasteiger partial charge in [0.15, 0.2) is 0 Å². The van der Waals surface area contributed by atoms with Crippen LogP contribution in [0.2, 0.25) is 0 Å². The molecule has 2 rings (SSSR count). The Bertz CT molecular complexity index is 404. The van der Waals surface area contributed by atoms with Gasteiger partial charge in [-0.05, 0) is 26.0 Å². The molecule has 0 fully saturated rings. The van der Waals surface area contributed by atoms with E-state index in [2.05, 4.69) is 10.6 Å². The van der Waals surface area contributed by atoms with Crippen molar-refractivity contribution in [1.29, 1.82) is 0 Å². The van der Waals surface area contributed by atoms with E-state index in [4.69, 9.17) is 5.11 Å². The number of carbonyl (C=O) groups excluding carboxylic acids is 1. The van der Waals surface area contributed by atoms with E-state index >= 15 is 0 Å². The molecule has 0 aromatic heterocycles.